The number of benzene rings is 2. The van der Waals surface area contributed by atoms with Crippen LogP contribution in [0.5, 0.6) is 5.75 Å². The van der Waals surface area contributed by atoms with Crippen LogP contribution in [-0.2, 0) is 6.42 Å². The molecule has 5 heteroatoms. The zero-order valence-corrected chi connectivity index (χ0v) is 17.9. The van der Waals surface area contributed by atoms with E-state index in [0.717, 1.165) is 38.3 Å². The molecule has 1 unspecified atom stereocenters. The van der Waals surface area contributed by atoms with Crippen LogP contribution in [0.4, 0.5) is 15.8 Å². The first kappa shape index (κ1) is 19.7. The molecule has 1 saturated heterocycles. The summed E-state index contributed by atoms with van der Waals surface area (Å²) in [6, 6.07) is 13.0. The van der Waals surface area contributed by atoms with Crippen molar-refractivity contribution in [3.63, 3.8) is 0 Å². The van der Waals surface area contributed by atoms with Gasteiger partial charge in [0.15, 0.2) is 0 Å². The molecular weight excluding hydrogens is 377 g/mol. The third kappa shape index (κ3) is 3.87. The Labute approximate surface area is 179 Å². The number of piperidine rings is 1. The smallest absolute Gasteiger partial charge is 0.123 e. The van der Waals surface area contributed by atoms with Gasteiger partial charge in [0.25, 0.3) is 0 Å². The molecule has 2 aromatic rings. The lowest BCUT2D eigenvalue weighted by Gasteiger charge is -2.44. The summed E-state index contributed by atoms with van der Waals surface area (Å²) in [6.45, 7) is 7.57. The number of halogens is 1. The van der Waals surface area contributed by atoms with Crippen LogP contribution in [0.3, 0.4) is 0 Å². The van der Waals surface area contributed by atoms with E-state index in [1.807, 2.05) is 0 Å². The van der Waals surface area contributed by atoms with E-state index in [-0.39, 0.29) is 11.5 Å². The van der Waals surface area contributed by atoms with E-state index >= 15 is 0 Å². The van der Waals surface area contributed by atoms with Crippen molar-refractivity contribution < 1.29 is 9.13 Å². The molecule has 5 rings (SSSR count). The Morgan fingerprint density at radius 3 is 2.70 bits per heavy atom. The lowest BCUT2D eigenvalue weighted by molar-refractivity contribution is 0.143. The maximum atomic E-state index is 13.0. The molecule has 0 spiro atoms. The lowest BCUT2D eigenvalue weighted by Crippen LogP contribution is -2.57. The van der Waals surface area contributed by atoms with Crippen LogP contribution < -0.4 is 15.0 Å². The predicted molar refractivity (Wildman–Crippen MR) is 120 cm³/mol. The zero-order valence-electron chi connectivity index (χ0n) is 17.9. The molecule has 0 saturated carbocycles. The van der Waals surface area contributed by atoms with E-state index < -0.39 is 0 Å². The molecule has 3 aliphatic rings. The van der Waals surface area contributed by atoms with Gasteiger partial charge in [-0.05, 0) is 93.9 Å². The van der Waals surface area contributed by atoms with Crippen LogP contribution >= 0.6 is 0 Å². The number of likely N-dealkylation sites (tertiary alicyclic amines) is 1. The molecule has 2 aromatic carbocycles. The molecule has 1 N–H and O–H groups in total. The number of hydrogen-bond donors (Lipinski definition) is 1. The minimum atomic E-state index is -0.218. The van der Waals surface area contributed by atoms with Crippen LogP contribution in [0.1, 0.15) is 38.2 Å². The summed E-state index contributed by atoms with van der Waals surface area (Å²) >= 11 is 0. The van der Waals surface area contributed by atoms with Crippen LogP contribution in [-0.4, -0.2) is 43.3 Å². The fourth-order valence-corrected chi connectivity index (χ4v) is 5.47. The summed E-state index contributed by atoms with van der Waals surface area (Å²) in [6.07, 6.45) is 5.95. The third-order valence-electron chi connectivity index (χ3n) is 7.06. The molecule has 3 aliphatic heterocycles. The number of rotatable bonds is 6. The van der Waals surface area contributed by atoms with Gasteiger partial charge in [0.1, 0.15) is 17.2 Å². The maximum absolute atomic E-state index is 13.0. The van der Waals surface area contributed by atoms with Crippen molar-refractivity contribution in [2.24, 2.45) is 5.92 Å². The second-order valence-corrected chi connectivity index (χ2v) is 9.28. The van der Waals surface area contributed by atoms with Crippen molar-refractivity contribution >= 4 is 11.4 Å². The Hall–Kier alpha value is -2.27. The number of nitrogens with one attached hydrogen (secondary N) is 1. The molecule has 0 aromatic heterocycles. The summed E-state index contributed by atoms with van der Waals surface area (Å²) in [5, 5.41) is 3.85. The van der Waals surface area contributed by atoms with Gasteiger partial charge < -0.3 is 15.0 Å². The normalized spacial score (nSPS) is 23.9. The van der Waals surface area contributed by atoms with Gasteiger partial charge >= 0.3 is 0 Å². The fraction of sp³-hybridized carbons (Fsp3) is 0.520. The first-order valence-electron chi connectivity index (χ1n) is 11.4. The number of para-hydroxylation sites is 1. The van der Waals surface area contributed by atoms with Gasteiger partial charge in [-0.15, -0.1) is 0 Å². The van der Waals surface area contributed by atoms with E-state index in [9.17, 15) is 4.39 Å². The third-order valence-corrected chi connectivity index (χ3v) is 7.06. The zero-order chi connectivity index (χ0) is 20.6. The average molecular weight is 410 g/mol. The topological polar surface area (TPSA) is 27.7 Å². The largest absolute Gasteiger partial charge is 0.494 e. The second-order valence-electron chi connectivity index (χ2n) is 9.28. The fourth-order valence-electron chi connectivity index (χ4n) is 5.47. The van der Waals surface area contributed by atoms with Crippen molar-refractivity contribution in [3.8, 4) is 5.75 Å². The maximum Gasteiger partial charge on any atom is 0.123 e. The number of nitrogens with zero attached hydrogens (tertiary/aromatic N) is 2. The SMILES string of the molecule is CC1(CN2CCC(CCOc3ccc(F)cc3)CC2)Nc2cccc3c2N1CCC3. The van der Waals surface area contributed by atoms with Crippen molar-refractivity contribution in [1.82, 2.24) is 4.90 Å². The summed E-state index contributed by atoms with van der Waals surface area (Å²) in [5.74, 6) is 1.25. The highest BCUT2D eigenvalue weighted by molar-refractivity contribution is 5.81. The van der Waals surface area contributed by atoms with E-state index in [1.54, 1.807) is 12.1 Å². The molecule has 0 radical (unpaired) electrons. The summed E-state index contributed by atoms with van der Waals surface area (Å²) < 4.78 is 18.8. The lowest BCUT2D eigenvalue weighted by atomic mass is 9.93. The van der Waals surface area contributed by atoms with E-state index in [0.29, 0.717) is 12.5 Å². The number of aryl methyl sites for hydroxylation is 1. The number of hydrogen-bond acceptors (Lipinski definition) is 4. The van der Waals surface area contributed by atoms with E-state index in [2.05, 4.69) is 40.2 Å². The predicted octanol–water partition coefficient (Wildman–Crippen LogP) is 4.90. The highest BCUT2D eigenvalue weighted by Crippen LogP contribution is 2.45. The quantitative estimate of drug-likeness (QED) is 0.734. The summed E-state index contributed by atoms with van der Waals surface area (Å²) in [7, 11) is 0. The van der Waals surface area contributed by atoms with Gasteiger partial charge in [-0.3, -0.25) is 4.90 Å². The van der Waals surface area contributed by atoms with Gasteiger partial charge in [0.05, 0.1) is 18.0 Å². The molecule has 4 nitrogen and oxygen atoms in total. The Balaban J connectivity index is 1.12. The Morgan fingerprint density at radius 2 is 1.90 bits per heavy atom. The molecule has 0 bridgehead atoms. The van der Waals surface area contributed by atoms with Crippen LogP contribution in [0.25, 0.3) is 0 Å². The molecule has 1 fully saturated rings. The van der Waals surface area contributed by atoms with Crippen LogP contribution in [0.2, 0.25) is 0 Å². The first-order chi connectivity index (χ1) is 14.6. The van der Waals surface area contributed by atoms with Gasteiger partial charge in [-0.2, -0.15) is 0 Å². The highest BCUT2D eigenvalue weighted by atomic mass is 19.1. The molecule has 30 heavy (non-hydrogen) atoms. The molecule has 1 atom stereocenters. The van der Waals surface area contributed by atoms with Crippen molar-refractivity contribution in [2.75, 3.05) is 43.0 Å². The molecule has 0 aliphatic carbocycles. The average Bonchev–Trinajstić information content (AvgIpc) is 3.04. The highest BCUT2D eigenvalue weighted by Gasteiger charge is 2.43. The minimum absolute atomic E-state index is 0.0165. The molecule has 0 amide bonds. The van der Waals surface area contributed by atoms with Crippen LogP contribution in [0.15, 0.2) is 42.5 Å². The van der Waals surface area contributed by atoms with Crippen molar-refractivity contribution in [3.05, 3.63) is 53.8 Å². The van der Waals surface area contributed by atoms with Crippen LogP contribution in [0, 0.1) is 11.7 Å². The van der Waals surface area contributed by atoms with E-state index in [4.69, 9.17) is 4.74 Å². The molecule has 160 valence electrons. The Morgan fingerprint density at radius 1 is 1.10 bits per heavy atom. The molecular formula is C25H32FN3O. The molecule has 3 heterocycles. The van der Waals surface area contributed by atoms with Crippen molar-refractivity contribution in [1.29, 1.82) is 0 Å². The standard InChI is InChI=1S/C25H32FN3O/c1-25(27-23-6-2-4-20-5-3-14-29(25)24(20)23)18-28-15-11-19(12-16-28)13-17-30-22-9-7-21(26)8-10-22/h2,4,6-10,19,27H,3,5,11-18H2,1H3. The minimum Gasteiger partial charge on any atom is -0.494 e. The Bertz CT molecular complexity index is 878. The van der Waals surface area contributed by atoms with Gasteiger partial charge in [-0.25, -0.2) is 4.39 Å². The van der Waals surface area contributed by atoms with Gasteiger partial charge in [0.2, 0.25) is 0 Å². The van der Waals surface area contributed by atoms with E-state index in [1.165, 1.54) is 54.8 Å². The number of anilines is 2. The van der Waals surface area contributed by atoms with Gasteiger partial charge in [-0.1, -0.05) is 12.1 Å². The number of ether oxygens (including phenoxy) is 1. The summed E-state index contributed by atoms with van der Waals surface area (Å²) in [5.41, 5.74) is 4.23. The first-order valence-corrected chi connectivity index (χ1v) is 11.4. The summed E-state index contributed by atoms with van der Waals surface area (Å²) in [4.78, 5) is 5.24. The Kier molecular flexibility index (Phi) is 5.32. The second kappa shape index (κ2) is 8.10. The van der Waals surface area contributed by atoms with Crippen molar-refractivity contribution in [2.45, 2.75) is 44.7 Å². The van der Waals surface area contributed by atoms with Gasteiger partial charge in [0, 0.05) is 13.1 Å². The monoisotopic (exact) mass is 409 g/mol.